The van der Waals surface area contributed by atoms with Crippen molar-refractivity contribution in [3.05, 3.63) is 59.5 Å². The lowest BCUT2D eigenvalue weighted by Crippen LogP contribution is -2.43. The van der Waals surface area contributed by atoms with Gasteiger partial charge in [0.05, 0.1) is 5.52 Å². The number of hydrogen-bond donors (Lipinski definition) is 2. The molecule has 2 N–H and O–H groups in total. The van der Waals surface area contributed by atoms with E-state index in [1.165, 1.54) is 44.8 Å². The van der Waals surface area contributed by atoms with Crippen LogP contribution in [0.25, 0.3) is 10.9 Å². The molecule has 0 atom stereocenters. The molecule has 0 saturated carbocycles. The minimum Gasteiger partial charge on any atom is -0.371 e. The van der Waals surface area contributed by atoms with Crippen molar-refractivity contribution in [1.82, 2.24) is 9.88 Å². The van der Waals surface area contributed by atoms with E-state index in [0.29, 0.717) is 22.6 Å². The van der Waals surface area contributed by atoms with E-state index in [0.717, 1.165) is 30.0 Å². The van der Waals surface area contributed by atoms with Gasteiger partial charge in [-0.3, -0.25) is 4.79 Å². The maximum atomic E-state index is 14.1. The summed E-state index contributed by atoms with van der Waals surface area (Å²) in [6.07, 6.45) is 5.06. The Hall–Kier alpha value is -2.86. The molecule has 1 amide bonds. The molecule has 31 heavy (non-hydrogen) atoms. The smallest absolute Gasteiger partial charge is 0.272 e. The van der Waals surface area contributed by atoms with E-state index in [2.05, 4.69) is 26.2 Å². The van der Waals surface area contributed by atoms with Crippen LogP contribution in [0.3, 0.4) is 0 Å². The first-order chi connectivity index (χ1) is 15.1. The van der Waals surface area contributed by atoms with Crippen LogP contribution >= 0.6 is 0 Å². The number of fused-ring (bicyclic) bond motifs is 1. The molecule has 0 unspecified atom stereocenters. The van der Waals surface area contributed by atoms with Gasteiger partial charge in [0.25, 0.3) is 5.91 Å². The molecule has 0 bridgehead atoms. The predicted molar refractivity (Wildman–Crippen MR) is 123 cm³/mol. The molecule has 0 radical (unpaired) electrons. The van der Waals surface area contributed by atoms with Crippen LogP contribution < -0.4 is 10.2 Å². The maximum absolute atomic E-state index is 14.1. The Morgan fingerprint density at radius 1 is 1.06 bits per heavy atom. The van der Waals surface area contributed by atoms with Crippen LogP contribution in [0.2, 0.25) is 0 Å². The molecule has 2 fully saturated rings. The number of carbonyl (C=O) groups is 1. The Labute approximate surface area is 182 Å². The van der Waals surface area contributed by atoms with Crippen LogP contribution in [0.4, 0.5) is 15.8 Å². The van der Waals surface area contributed by atoms with Gasteiger partial charge < -0.3 is 20.1 Å². The lowest BCUT2D eigenvalue weighted by atomic mass is 10.0. The highest BCUT2D eigenvalue weighted by molar-refractivity contribution is 6.06. The Balaban J connectivity index is 1.27. The van der Waals surface area contributed by atoms with Crippen molar-refractivity contribution in [3.8, 4) is 0 Å². The van der Waals surface area contributed by atoms with Gasteiger partial charge >= 0.3 is 0 Å². The van der Waals surface area contributed by atoms with Crippen molar-refractivity contribution in [2.75, 3.05) is 36.4 Å². The second kappa shape index (κ2) is 8.35. The summed E-state index contributed by atoms with van der Waals surface area (Å²) >= 11 is 0. The molecule has 0 spiro atoms. The Morgan fingerprint density at radius 2 is 1.84 bits per heavy atom. The zero-order valence-corrected chi connectivity index (χ0v) is 18.0. The van der Waals surface area contributed by atoms with E-state index in [-0.39, 0.29) is 11.7 Å². The number of aromatic nitrogens is 1. The molecule has 5 rings (SSSR count). The van der Waals surface area contributed by atoms with Crippen LogP contribution in [0.1, 0.15) is 41.7 Å². The molecule has 3 aromatic rings. The average Bonchev–Trinajstić information content (AvgIpc) is 3.48. The predicted octanol–water partition coefficient (Wildman–Crippen LogP) is 4.93. The monoisotopic (exact) mass is 420 g/mol. The van der Waals surface area contributed by atoms with Crippen molar-refractivity contribution in [1.29, 1.82) is 0 Å². The minimum atomic E-state index is -0.324. The summed E-state index contributed by atoms with van der Waals surface area (Å²) in [4.78, 5) is 20.9. The maximum Gasteiger partial charge on any atom is 0.272 e. The fraction of sp³-hybridized carbons (Fsp3) is 0.400. The van der Waals surface area contributed by atoms with E-state index >= 15 is 0 Å². The number of hydrogen-bond acceptors (Lipinski definition) is 3. The number of benzene rings is 2. The quantitative estimate of drug-likeness (QED) is 0.629. The Bertz CT molecular complexity index is 1060. The SMILES string of the molecule is Cc1ccc(F)c2cc(C(=O)Nc3cccc(N4CCC(N5CCCC5)CC4)c3)[nH]c12. The number of carbonyl (C=O) groups excluding carboxylic acids is 1. The van der Waals surface area contributed by atoms with Gasteiger partial charge in [-0.25, -0.2) is 4.39 Å². The van der Waals surface area contributed by atoms with Gasteiger partial charge in [-0.2, -0.15) is 0 Å². The van der Waals surface area contributed by atoms with Gasteiger partial charge in [-0.15, -0.1) is 0 Å². The first kappa shape index (κ1) is 20.1. The zero-order chi connectivity index (χ0) is 21.4. The third kappa shape index (κ3) is 4.04. The van der Waals surface area contributed by atoms with Gasteiger partial charge in [0.1, 0.15) is 11.5 Å². The van der Waals surface area contributed by atoms with Crippen LogP contribution in [0.15, 0.2) is 42.5 Å². The van der Waals surface area contributed by atoms with E-state index in [4.69, 9.17) is 0 Å². The molecule has 2 aliphatic heterocycles. The van der Waals surface area contributed by atoms with E-state index in [1.54, 1.807) is 12.1 Å². The van der Waals surface area contributed by atoms with Gasteiger partial charge in [0.15, 0.2) is 0 Å². The van der Waals surface area contributed by atoms with Crippen LogP contribution in [0.5, 0.6) is 0 Å². The molecule has 162 valence electrons. The fourth-order valence-electron chi connectivity index (χ4n) is 5.02. The van der Waals surface area contributed by atoms with Gasteiger partial charge in [-0.05, 0) is 81.6 Å². The van der Waals surface area contributed by atoms with E-state index < -0.39 is 0 Å². The fourth-order valence-corrected chi connectivity index (χ4v) is 5.02. The number of likely N-dealkylation sites (tertiary alicyclic amines) is 1. The number of anilines is 2. The lowest BCUT2D eigenvalue weighted by molar-refractivity contribution is 0.102. The van der Waals surface area contributed by atoms with Gasteiger partial charge in [-0.1, -0.05) is 12.1 Å². The van der Waals surface area contributed by atoms with Crippen molar-refractivity contribution < 1.29 is 9.18 Å². The summed E-state index contributed by atoms with van der Waals surface area (Å²) < 4.78 is 14.1. The molecule has 3 heterocycles. The second-order valence-corrected chi connectivity index (χ2v) is 8.80. The van der Waals surface area contributed by atoms with E-state index in [1.807, 2.05) is 25.1 Å². The number of amides is 1. The molecule has 1 aromatic heterocycles. The zero-order valence-electron chi connectivity index (χ0n) is 18.0. The molecular formula is C25H29FN4O. The molecule has 0 aliphatic carbocycles. The molecule has 6 heteroatoms. The van der Waals surface area contributed by atoms with Crippen LogP contribution in [0, 0.1) is 12.7 Å². The number of halogens is 1. The average molecular weight is 421 g/mol. The summed E-state index contributed by atoms with van der Waals surface area (Å²) in [7, 11) is 0. The number of piperidine rings is 1. The third-order valence-electron chi connectivity index (χ3n) is 6.78. The number of H-pyrrole nitrogens is 1. The van der Waals surface area contributed by atoms with Crippen molar-refractivity contribution in [2.24, 2.45) is 0 Å². The number of aryl methyl sites for hydroxylation is 1. The summed E-state index contributed by atoms with van der Waals surface area (Å²) in [5, 5.41) is 3.41. The second-order valence-electron chi connectivity index (χ2n) is 8.80. The van der Waals surface area contributed by atoms with Crippen LogP contribution in [-0.2, 0) is 0 Å². The minimum absolute atomic E-state index is 0.264. The summed E-state index contributed by atoms with van der Waals surface area (Å²) in [6, 6.07) is 13.5. The highest BCUT2D eigenvalue weighted by atomic mass is 19.1. The lowest BCUT2D eigenvalue weighted by Gasteiger charge is -2.37. The normalized spacial score (nSPS) is 18.1. The number of nitrogens with zero attached hydrogens (tertiary/aromatic N) is 2. The highest BCUT2D eigenvalue weighted by Crippen LogP contribution is 2.27. The van der Waals surface area contributed by atoms with E-state index in [9.17, 15) is 9.18 Å². The standard InChI is InChI=1S/C25H29FN4O/c1-17-7-8-22(26)21-16-23(28-24(17)21)25(31)27-18-5-4-6-20(15-18)30-13-9-19(10-14-30)29-11-2-3-12-29/h4-8,15-16,19,28H,2-3,9-14H2,1H3,(H,27,31). The van der Waals surface area contributed by atoms with Gasteiger partial charge in [0, 0.05) is 35.9 Å². The largest absolute Gasteiger partial charge is 0.371 e. The van der Waals surface area contributed by atoms with Crippen molar-refractivity contribution in [3.63, 3.8) is 0 Å². The Kier molecular flexibility index (Phi) is 5.40. The first-order valence-electron chi connectivity index (χ1n) is 11.3. The third-order valence-corrected chi connectivity index (χ3v) is 6.78. The highest BCUT2D eigenvalue weighted by Gasteiger charge is 2.26. The van der Waals surface area contributed by atoms with Crippen molar-refractivity contribution >= 4 is 28.2 Å². The molecule has 5 nitrogen and oxygen atoms in total. The summed E-state index contributed by atoms with van der Waals surface area (Å²) in [6.45, 7) is 6.49. The summed E-state index contributed by atoms with van der Waals surface area (Å²) in [5.41, 5.74) is 3.82. The number of nitrogens with one attached hydrogen (secondary N) is 2. The number of rotatable bonds is 4. The van der Waals surface area contributed by atoms with Crippen molar-refractivity contribution in [2.45, 2.75) is 38.6 Å². The first-order valence-corrected chi connectivity index (χ1v) is 11.3. The topological polar surface area (TPSA) is 51.4 Å². The van der Waals surface area contributed by atoms with Gasteiger partial charge in [0.2, 0.25) is 0 Å². The Morgan fingerprint density at radius 3 is 2.58 bits per heavy atom. The van der Waals surface area contributed by atoms with Crippen LogP contribution in [-0.4, -0.2) is 48.0 Å². The molecule has 2 aliphatic rings. The summed E-state index contributed by atoms with van der Waals surface area (Å²) in [5.74, 6) is -0.588. The molecule has 2 saturated heterocycles. The molecular weight excluding hydrogens is 391 g/mol. The molecule has 2 aromatic carbocycles. The number of aromatic amines is 1.